The Bertz CT molecular complexity index is 1390. The molecule has 3 heterocycles. The number of nitrogen functional groups attached to an aromatic ring is 2. The van der Waals surface area contributed by atoms with Crippen LogP contribution < -0.4 is 11.5 Å². The van der Waals surface area contributed by atoms with Gasteiger partial charge in [0, 0.05) is 47.6 Å². The lowest BCUT2D eigenvalue weighted by Crippen LogP contribution is -2.53. The second kappa shape index (κ2) is 9.54. The highest BCUT2D eigenvalue weighted by molar-refractivity contribution is 7.91. The summed E-state index contributed by atoms with van der Waals surface area (Å²) in [5.41, 5.74) is 15.9. The molecule has 9 heteroatoms. The molecule has 1 amide bonds. The summed E-state index contributed by atoms with van der Waals surface area (Å²) in [6.45, 7) is 1.42. The van der Waals surface area contributed by atoms with Gasteiger partial charge >= 0.3 is 0 Å². The zero-order valence-corrected chi connectivity index (χ0v) is 20.7. The highest BCUT2D eigenvalue weighted by atomic mass is 32.2. The highest BCUT2D eigenvalue weighted by Gasteiger charge is 2.36. The molecule has 5 rings (SSSR count). The van der Waals surface area contributed by atoms with Gasteiger partial charge in [0.25, 0.3) is 0 Å². The fourth-order valence-corrected chi connectivity index (χ4v) is 6.53. The van der Waals surface area contributed by atoms with Gasteiger partial charge in [-0.2, -0.15) is 0 Å². The Labute approximate surface area is 210 Å². The number of nitrogens with two attached hydrogens (primary N) is 2. The predicted octanol–water partition coefficient (Wildman–Crippen LogP) is 3.54. The molecule has 0 spiro atoms. The van der Waals surface area contributed by atoms with Crippen LogP contribution in [-0.2, 0) is 21.1 Å². The van der Waals surface area contributed by atoms with Gasteiger partial charge in [-0.05, 0) is 60.6 Å². The van der Waals surface area contributed by atoms with Crippen LogP contribution in [0, 0.1) is 17.7 Å². The first kappa shape index (κ1) is 24.2. The van der Waals surface area contributed by atoms with Gasteiger partial charge in [0.15, 0.2) is 0 Å². The molecule has 0 unspecified atom stereocenters. The number of pyridine rings is 1. The van der Waals surface area contributed by atoms with Crippen LogP contribution in [0.2, 0.25) is 0 Å². The molecule has 0 aliphatic carbocycles. The zero-order valence-electron chi connectivity index (χ0n) is 19.9. The van der Waals surface area contributed by atoms with Crippen LogP contribution in [0.25, 0.3) is 22.3 Å². The Morgan fingerprint density at radius 2 is 1.67 bits per heavy atom. The van der Waals surface area contributed by atoms with Crippen molar-refractivity contribution in [2.75, 3.05) is 36.1 Å². The molecule has 0 bridgehead atoms. The molecular formula is C27H29FN4O3S. The number of likely N-dealkylation sites (tertiary alicyclic amines) is 1. The second-order valence-electron chi connectivity index (χ2n) is 9.83. The number of amides is 1. The van der Waals surface area contributed by atoms with Crippen molar-refractivity contribution < 1.29 is 17.6 Å². The Kier molecular flexibility index (Phi) is 6.42. The SMILES string of the molecule is Nc1ccc(-c2cc(-c3ccc(CC4CN(C(=O)C5CCS(=O)(=O)CC5)C4)cc3)cnc2N)c(F)c1. The molecule has 36 heavy (non-hydrogen) atoms. The summed E-state index contributed by atoms with van der Waals surface area (Å²) in [5.74, 6) is 0.371. The monoisotopic (exact) mass is 508 g/mol. The lowest BCUT2D eigenvalue weighted by atomic mass is 9.89. The van der Waals surface area contributed by atoms with E-state index in [2.05, 4.69) is 17.1 Å². The predicted molar refractivity (Wildman–Crippen MR) is 139 cm³/mol. The quantitative estimate of drug-likeness (QED) is 0.509. The number of sulfone groups is 1. The van der Waals surface area contributed by atoms with Crippen molar-refractivity contribution in [1.82, 2.24) is 9.88 Å². The number of anilines is 2. The van der Waals surface area contributed by atoms with E-state index in [9.17, 15) is 17.6 Å². The summed E-state index contributed by atoms with van der Waals surface area (Å²) >= 11 is 0. The Balaban J connectivity index is 1.21. The third-order valence-electron chi connectivity index (χ3n) is 7.19. The van der Waals surface area contributed by atoms with E-state index in [1.54, 1.807) is 18.3 Å². The van der Waals surface area contributed by atoms with E-state index in [0.717, 1.165) is 17.5 Å². The molecule has 2 saturated heterocycles. The van der Waals surface area contributed by atoms with E-state index in [4.69, 9.17) is 11.5 Å². The van der Waals surface area contributed by atoms with Crippen molar-refractivity contribution in [1.29, 1.82) is 0 Å². The molecule has 4 N–H and O–H groups in total. The van der Waals surface area contributed by atoms with E-state index < -0.39 is 15.7 Å². The van der Waals surface area contributed by atoms with E-state index in [0.29, 0.717) is 48.7 Å². The van der Waals surface area contributed by atoms with Gasteiger partial charge in [-0.1, -0.05) is 24.3 Å². The van der Waals surface area contributed by atoms with Gasteiger partial charge in [0.05, 0.1) is 11.5 Å². The first-order valence-electron chi connectivity index (χ1n) is 12.1. The highest BCUT2D eigenvalue weighted by Crippen LogP contribution is 2.33. The minimum atomic E-state index is -2.96. The fourth-order valence-electron chi connectivity index (χ4n) is 5.04. The molecule has 188 valence electrons. The minimum absolute atomic E-state index is 0.0979. The molecule has 2 fully saturated rings. The van der Waals surface area contributed by atoms with Crippen LogP contribution in [-0.4, -0.2) is 48.8 Å². The van der Waals surface area contributed by atoms with Gasteiger partial charge < -0.3 is 16.4 Å². The minimum Gasteiger partial charge on any atom is -0.399 e. The topological polar surface area (TPSA) is 119 Å². The lowest BCUT2D eigenvalue weighted by molar-refractivity contribution is -0.142. The summed E-state index contributed by atoms with van der Waals surface area (Å²) in [5, 5.41) is 0. The average molecular weight is 509 g/mol. The number of nitrogens with zero attached hydrogens (tertiary/aromatic N) is 2. The second-order valence-corrected chi connectivity index (χ2v) is 12.1. The Morgan fingerprint density at radius 1 is 0.972 bits per heavy atom. The van der Waals surface area contributed by atoms with Crippen LogP contribution in [0.4, 0.5) is 15.9 Å². The lowest BCUT2D eigenvalue weighted by Gasteiger charge is -2.41. The zero-order chi connectivity index (χ0) is 25.4. The van der Waals surface area contributed by atoms with E-state index >= 15 is 0 Å². The van der Waals surface area contributed by atoms with Crippen molar-refractivity contribution >= 4 is 27.2 Å². The molecule has 2 aliphatic rings. The largest absolute Gasteiger partial charge is 0.399 e. The van der Waals surface area contributed by atoms with Crippen molar-refractivity contribution in [3.05, 3.63) is 66.1 Å². The number of halogens is 1. The molecule has 0 saturated carbocycles. The average Bonchev–Trinajstić information content (AvgIpc) is 2.82. The standard InChI is InChI=1S/C27H29FN4O3S/c28-25-13-22(29)5-6-23(25)24-12-21(14-31-26(24)30)19-3-1-17(2-4-19)11-18-15-32(16-18)27(33)20-7-9-36(34,35)10-8-20/h1-6,12-14,18,20H,7-11,15-16,29H2,(H2,30,31). The van der Waals surface area contributed by atoms with Gasteiger partial charge in [-0.3, -0.25) is 4.79 Å². The number of aromatic nitrogens is 1. The van der Waals surface area contributed by atoms with E-state index in [1.807, 2.05) is 23.1 Å². The first-order chi connectivity index (χ1) is 17.2. The summed E-state index contributed by atoms with van der Waals surface area (Å²) in [6.07, 6.45) is 3.42. The maximum absolute atomic E-state index is 14.5. The third kappa shape index (κ3) is 5.06. The van der Waals surface area contributed by atoms with Crippen molar-refractivity contribution in [2.24, 2.45) is 11.8 Å². The fraction of sp³-hybridized carbons (Fsp3) is 0.333. The normalized spacial score (nSPS) is 18.1. The summed E-state index contributed by atoms with van der Waals surface area (Å²) in [7, 11) is -2.96. The summed E-state index contributed by atoms with van der Waals surface area (Å²) in [4.78, 5) is 18.8. The van der Waals surface area contributed by atoms with Crippen molar-refractivity contribution in [3.8, 4) is 22.3 Å². The number of hydrogen-bond acceptors (Lipinski definition) is 6. The van der Waals surface area contributed by atoms with Crippen LogP contribution in [0.5, 0.6) is 0 Å². The molecule has 1 aromatic heterocycles. The smallest absolute Gasteiger partial charge is 0.225 e. The maximum Gasteiger partial charge on any atom is 0.225 e. The number of carbonyl (C=O) groups is 1. The van der Waals surface area contributed by atoms with Gasteiger partial charge in [-0.15, -0.1) is 0 Å². The Hall–Kier alpha value is -3.46. The van der Waals surface area contributed by atoms with Gasteiger partial charge in [-0.25, -0.2) is 17.8 Å². The molecule has 0 atom stereocenters. The van der Waals surface area contributed by atoms with E-state index in [1.165, 1.54) is 11.6 Å². The molecule has 2 aromatic carbocycles. The third-order valence-corrected chi connectivity index (χ3v) is 8.90. The summed E-state index contributed by atoms with van der Waals surface area (Å²) < 4.78 is 37.7. The van der Waals surface area contributed by atoms with Gasteiger partial charge in [0.1, 0.15) is 21.5 Å². The number of hydrogen-bond donors (Lipinski definition) is 2. The Morgan fingerprint density at radius 3 is 2.33 bits per heavy atom. The van der Waals surface area contributed by atoms with Crippen LogP contribution in [0.1, 0.15) is 18.4 Å². The molecule has 0 radical (unpaired) electrons. The number of rotatable bonds is 5. The maximum atomic E-state index is 14.5. The van der Waals surface area contributed by atoms with Gasteiger partial charge in [0.2, 0.25) is 5.91 Å². The number of benzene rings is 2. The first-order valence-corrected chi connectivity index (χ1v) is 13.9. The van der Waals surface area contributed by atoms with Crippen molar-refractivity contribution in [2.45, 2.75) is 19.3 Å². The summed E-state index contributed by atoms with van der Waals surface area (Å²) in [6, 6.07) is 14.5. The molecule has 3 aromatic rings. The van der Waals surface area contributed by atoms with Crippen LogP contribution in [0.3, 0.4) is 0 Å². The molecule has 2 aliphatic heterocycles. The number of carbonyl (C=O) groups excluding carboxylic acids is 1. The van der Waals surface area contributed by atoms with Crippen LogP contribution >= 0.6 is 0 Å². The van der Waals surface area contributed by atoms with Crippen molar-refractivity contribution in [3.63, 3.8) is 0 Å². The molecule has 7 nitrogen and oxygen atoms in total. The molecular weight excluding hydrogens is 479 g/mol. The van der Waals surface area contributed by atoms with Crippen LogP contribution in [0.15, 0.2) is 54.7 Å². The van der Waals surface area contributed by atoms with E-state index in [-0.39, 0.29) is 29.1 Å².